The molecule has 0 saturated heterocycles. The van der Waals surface area contributed by atoms with Crippen molar-refractivity contribution >= 4 is 5.97 Å². The van der Waals surface area contributed by atoms with Gasteiger partial charge < -0.3 is 21.7 Å². The molecule has 0 saturated carbocycles. The molecule has 0 aliphatic rings. The van der Waals surface area contributed by atoms with E-state index in [1.807, 2.05) is 0 Å². The average Bonchev–Trinajstić information content (AvgIpc) is 1.84. The smallest absolute Gasteiger partial charge is 0.322 e. The number of aliphatic hydroxyl groups excluding tert-OH is 1. The van der Waals surface area contributed by atoms with Crippen LogP contribution in [0.5, 0.6) is 0 Å². The minimum Gasteiger partial charge on any atom is -0.480 e. The molecule has 5 nitrogen and oxygen atoms in total. The number of aliphatic hydroxyl groups is 1. The van der Waals surface area contributed by atoms with E-state index in [2.05, 4.69) is 0 Å². The third-order valence-electron chi connectivity index (χ3n) is 0.957. The van der Waals surface area contributed by atoms with Crippen LogP contribution in [0, 0.1) is 0 Å². The summed E-state index contributed by atoms with van der Waals surface area (Å²) in [6, 6.07) is -2.04. The lowest BCUT2D eigenvalue weighted by Crippen LogP contribution is -2.49. The molecule has 0 aromatic rings. The van der Waals surface area contributed by atoms with Crippen molar-refractivity contribution in [2.45, 2.75) is 12.1 Å². The zero-order chi connectivity index (χ0) is 7.44. The number of carboxylic acid groups (broad SMARTS) is 1. The van der Waals surface area contributed by atoms with E-state index in [1.54, 1.807) is 0 Å². The topological polar surface area (TPSA) is 110 Å². The predicted molar refractivity (Wildman–Crippen MR) is 30.7 cm³/mol. The highest BCUT2D eigenvalue weighted by molar-refractivity contribution is 5.74. The lowest BCUT2D eigenvalue weighted by Gasteiger charge is -2.11. The van der Waals surface area contributed by atoms with Gasteiger partial charge in [0, 0.05) is 0 Å². The molecular weight excluding hydrogens is 124 g/mol. The second kappa shape index (κ2) is 3.39. The molecule has 6 N–H and O–H groups in total. The third-order valence-corrected chi connectivity index (χ3v) is 0.957. The molecule has 0 unspecified atom stereocenters. The first-order valence-electron chi connectivity index (χ1n) is 2.44. The predicted octanol–water partition coefficient (Wildman–Crippen LogP) is -2.28. The van der Waals surface area contributed by atoms with E-state index in [4.69, 9.17) is 21.7 Å². The van der Waals surface area contributed by atoms with E-state index in [1.165, 1.54) is 0 Å². The maximum atomic E-state index is 9.98. The van der Waals surface area contributed by atoms with E-state index in [-0.39, 0.29) is 0 Å². The molecule has 9 heavy (non-hydrogen) atoms. The van der Waals surface area contributed by atoms with Crippen LogP contribution >= 0.6 is 0 Å². The second-order valence-corrected chi connectivity index (χ2v) is 1.71. The van der Waals surface area contributed by atoms with Gasteiger partial charge in [0.2, 0.25) is 0 Å². The number of hydrogen-bond donors (Lipinski definition) is 4. The molecular formula is C4H10N2O3. The van der Waals surface area contributed by atoms with Crippen molar-refractivity contribution in [3.8, 4) is 0 Å². The molecule has 0 rings (SSSR count). The van der Waals surface area contributed by atoms with Crippen LogP contribution in [0.15, 0.2) is 0 Å². The van der Waals surface area contributed by atoms with Gasteiger partial charge in [-0.2, -0.15) is 0 Å². The summed E-state index contributed by atoms with van der Waals surface area (Å²) < 4.78 is 0. The molecule has 0 aromatic heterocycles. The molecule has 54 valence electrons. The summed E-state index contributed by atoms with van der Waals surface area (Å²) in [6.45, 7) is -0.409. The Kier molecular flexibility index (Phi) is 3.15. The van der Waals surface area contributed by atoms with Crippen molar-refractivity contribution in [2.75, 3.05) is 6.61 Å². The van der Waals surface area contributed by atoms with Crippen LogP contribution in [0.2, 0.25) is 0 Å². The first-order chi connectivity index (χ1) is 4.09. The Labute approximate surface area is 52.3 Å². The van der Waals surface area contributed by atoms with Crippen molar-refractivity contribution in [1.82, 2.24) is 0 Å². The van der Waals surface area contributed by atoms with Gasteiger partial charge in [-0.25, -0.2) is 0 Å². The Morgan fingerprint density at radius 2 is 2.00 bits per heavy atom. The first kappa shape index (κ1) is 8.35. The van der Waals surface area contributed by atoms with Gasteiger partial charge in [0.25, 0.3) is 0 Å². The molecule has 0 fully saturated rings. The minimum absolute atomic E-state index is 0.409. The van der Waals surface area contributed by atoms with Crippen molar-refractivity contribution in [3.63, 3.8) is 0 Å². The Morgan fingerprint density at radius 1 is 1.56 bits per heavy atom. The molecule has 0 bridgehead atoms. The quantitative estimate of drug-likeness (QED) is 0.347. The maximum absolute atomic E-state index is 9.98. The van der Waals surface area contributed by atoms with Crippen molar-refractivity contribution < 1.29 is 15.0 Å². The zero-order valence-electron chi connectivity index (χ0n) is 4.82. The van der Waals surface area contributed by atoms with Crippen LogP contribution < -0.4 is 11.5 Å². The van der Waals surface area contributed by atoms with Gasteiger partial charge in [-0.1, -0.05) is 0 Å². The van der Waals surface area contributed by atoms with Gasteiger partial charge in [-0.15, -0.1) is 0 Å². The summed E-state index contributed by atoms with van der Waals surface area (Å²) in [5.41, 5.74) is 10.0. The van der Waals surface area contributed by atoms with Crippen molar-refractivity contribution in [1.29, 1.82) is 0 Å². The van der Waals surface area contributed by atoms with Crippen molar-refractivity contribution in [3.05, 3.63) is 0 Å². The van der Waals surface area contributed by atoms with Crippen LogP contribution in [0.1, 0.15) is 0 Å². The summed E-state index contributed by atoms with van der Waals surface area (Å²) in [6.07, 6.45) is 0. The van der Waals surface area contributed by atoms with E-state index >= 15 is 0 Å². The molecule has 2 atom stereocenters. The molecule has 0 aliphatic heterocycles. The average molecular weight is 134 g/mol. The third kappa shape index (κ3) is 2.41. The number of carbonyl (C=O) groups is 1. The van der Waals surface area contributed by atoms with Crippen LogP contribution in [0.3, 0.4) is 0 Å². The molecule has 0 amide bonds. The zero-order valence-corrected chi connectivity index (χ0v) is 4.82. The highest BCUT2D eigenvalue weighted by atomic mass is 16.4. The Bertz CT molecular complexity index is 106. The Hall–Kier alpha value is -0.650. The summed E-state index contributed by atoms with van der Waals surface area (Å²) in [5.74, 6) is -1.20. The lowest BCUT2D eigenvalue weighted by atomic mass is 10.1. The normalized spacial score (nSPS) is 16.8. The van der Waals surface area contributed by atoms with Gasteiger partial charge >= 0.3 is 5.97 Å². The van der Waals surface area contributed by atoms with Crippen LogP contribution in [0.25, 0.3) is 0 Å². The summed E-state index contributed by atoms with van der Waals surface area (Å²) in [4.78, 5) is 9.98. The standard InChI is InChI=1S/C4H10N2O3/c5-2(1-7)3(6)4(8)9/h2-3,7H,1,5-6H2,(H,8,9)/t2-,3+/m1/s1. The highest BCUT2D eigenvalue weighted by Crippen LogP contribution is 1.83. The van der Waals surface area contributed by atoms with Gasteiger partial charge in [0.15, 0.2) is 0 Å². The largest absolute Gasteiger partial charge is 0.480 e. The molecule has 0 aliphatic carbocycles. The molecule has 0 aromatic carbocycles. The fourth-order valence-electron chi connectivity index (χ4n) is 0.297. The maximum Gasteiger partial charge on any atom is 0.322 e. The number of hydrogen-bond acceptors (Lipinski definition) is 4. The molecule has 0 heterocycles. The van der Waals surface area contributed by atoms with Crippen molar-refractivity contribution in [2.24, 2.45) is 11.5 Å². The fourth-order valence-corrected chi connectivity index (χ4v) is 0.297. The highest BCUT2D eigenvalue weighted by Gasteiger charge is 2.18. The summed E-state index contributed by atoms with van der Waals surface area (Å²) in [5, 5.41) is 16.5. The van der Waals surface area contributed by atoms with Crippen LogP contribution in [-0.2, 0) is 4.79 Å². The number of carboxylic acids is 1. The molecule has 5 heteroatoms. The fraction of sp³-hybridized carbons (Fsp3) is 0.750. The van der Waals surface area contributed by atoms with Gasteiger partial charge in [0.1, 0.15) is 6.04 Å². The van der Waals surface area contributed by atoms with Gasteiger partial charge in [-0.05, 0) is 0 Å². The second-order valence-electron chi connectivity index (χ2n) is 1.71. The number of aliphatic carboxylic acids is 1. The van der Waals surface area contributed by atoms with Gasteiger partial charge in [-0.3, -0.25) is 4.79 Å². The minimum atomic E-state index is -1.20. The van der Waals surface area contributed by atoms with E-state index in [9.17, 15) is 4.79 Å². The Morgan fingerprint density at radius 3 is 2.11 bits per heavy atom. The summed E-state index contributed by atoms with van der Waals surface area (Å²) >= 11 is 0. The molecule has 0 radical (unpaired) electrons. The van der Waals surface area contributed by atoms with E-state index in [0.717, 1.165) is 0 Å². The lowest BCUT2D eigenvalue weighted by molar-refractivity contribution is -0.139. The first-order valence-corrected chi connectivity index (χ1v) is 2.44. The number of rotatable bonds is 3. The Balaban J connectivity index is 3.72. The van der Waals surface area contributed by atoms with Crippen LogP contribution in [0.4, 0.5) is 0 Å². The van der Waals surface area contributed by atoms with E-state index < -0.39 is 24.7 Å². The molecule has 0 spiro atoms. The van der Waals surface area contributed by atoms with Crippen LogP contribution in [-0.4, -0.2) is 34.9 Å². The monoisotopic (exact) mass is 134 g/mol. The SMILES string of the molecule is N[C@H](CO)[C@H](N)C(=O)O. The van der Waals surface area contributed by atoms with E-state index in [0.29, 0.717) is 0 Å². The summed E-state index contributed by atoms with van der Waals surface area (Å²) in [7, 11) is 0. The van der Waals surface area contributed by atoms with Gasteiger partial charge in [0.05, 0.1) is 12.6 Å². The number of nitrogens with two attached hydrogens (primary N) is 2.